The van der Waals surface area contributed by atoms with E-state index in [1.54, 1.807) is 55.1 Å². The van der Waals surface area contributed by atoms with Crippen LogP contribution < -0.4 is 14.8 Å². The molecule has 7 heteroatoms. The van der Waals surface area contributed by atoms with Crippen LogP contribution in [0.3, 0.4) is 0 Å². The molecule has 0 saturated carbocycles. The van der Waals surface area contributed by atoms with Gasteiger partial charge < -0.3 is 19.7 Å². The third-order valence-electron chi connectivity index (χ3n) is 4.10. The zero-order valence-electron chi connectivity index (χ0n) is 14.6. The van der Waals surface area contributed by atoms with Gasteiger partial charge in [0.05, 0.1) is 25.9 Å². The molecule has 1 aliphatic rings. The summed E-state index contributed by atoms with van der Waals surface area (Å²) in [5.74, 6) is 2.27. The largest absolute Gasteiger partial charge is 0.497 e. The molecule has 1 heterocycles. The molecule has 1 aliphatic heterocycles. The number of benzene rings is 2. The van der Waals surface area contributed by atoms with Crippen LogP contribution >= 0.6 is 11.8 Å². The lowest BCUT2D eigenvalue weighted by atomic mass is 10.1. The Bertz CT molecular complexity index is 850. The molecule has 2 aromatic carbocycles. The van der Waals surface area contributed by atoms with Crippen molar-refractivity contribution in [1.29, 1.82) is 5.26 Å². The predicted molar refractivity (Wildman–Crippen MR) is 102 cm³/mol. The summed E-state index contributed by atoms with van der Waals surface area (Å²) in [7, 11) is 3.22. The summed E-state index contributed by atoms with van der Waals surface area (Å²) < 4.78 is 10.8. The number of thioether (sulfide) groups is 1. The second-order valence-electron chi connectivity index (χ2n) is 5.65. The van der Waals surface area contributed by atoms with E-state index in [4.69, 9.17) is 14.7 Å². The van der Waals surface area contributed by atoms with Gasteiger partial charge in [0.15, 0.2) is 0 Å². The Hall–Kier alpha value is -2.85. The van der Waals surface area contributed by atoms with Crippen molar-refractivity contribution in [2.45, 2.75) is 5.37 Å². The number of ether oxygens (including phenoxy) is 2. The van der Waals surface area contributed by atoms with Crippen molar-refractivity contribution in [2.24, 2.45) is 0 Å². The highest BCUT2D eigenvalue weighted by Gasteiger charge is 2.33. The van der Waals surface area contributed by atoms with Gasteiger partial charge in [-0.25, -0.2) is 4.79 Å². The van der Waals surface area contributed by atoms with Crippen LogP contribution in [0.1, 0.15) is 16.5 Å². The maximum absolute atomic E-state index is 12.8. The number of hydrogen-bond acceptors (Lipinski definition) is 5. The van der Waals surface area contributed by atoms with Crippen molar-refractivity contribution in [2.75, 3.05) is 31.8 Å². The summed E-state index contributed by atoms with van der Waals surface area (Å²) in [6, 6.07) is 14.3. The first kappa shape index (κ1) is 18.0. The summed E-state index contributed by atoms with van der Waals surface area (Å²) in [6.45, 7) is 0.624. The molecule has 1 N–H and O–H groups in total. The van der Waals surface area contributed by atoms with Crippen LogP contribution in [0.25, 0.3) is 0 Å². The molecule has 1 unspecified atom stereocenters. The fraction of sp³-hybridized carbons (Fsp3) is 0.263. The van der Waals surface area contributed by atoms with E-state index in [1.165, 1.54) is 0 Å². The number of rotatable bonds is 4. The topological polar surface area (TPSA) is 74.6 Å². The molecule has 0 bridgehead atoms. The quantitative estimate of drug-likeness (QED) is 0.886. The number of anilines is 1. The van der Waals surface area contributed by atoms with Crippen LogP contribution in [0.5, 0.6) is 11.5 Å². The molecular formula is C19H19N3O3S. The number of hydrogen-bond donors (Lipinski definition) is 1. The number of nitriles is 1. The highest BCUT2D eigenvalue weighted by molar-refractivity contribution is 7.99. The molecule has 0 aliphatic carbocycles. The predicted octanol–water partition coefficient (Wildman–Crippen LogP) is 3.85. The first-order valence-electron chi connectivity index (χ1n) is 8.07. The molecule has 1 saturated heterocycles. The maximum atomic E-state index is 12.8. The van der Waals surface area contributed by atoms with Crippen LogP contribution in [0.2, 0.25) is 0 Å². The maximum Gasteiger partial charge on any atom is 0.323 e. The minimum absolute atomic E-state index is 0.167. The average Bonchev–Trinajstić information content (AvgIpc) is 3.17. The van der Waals surface area contributed by atoms with E-state index in [0.717, 1.165) is 22.8 Å². The van der Waals surface area contributed by atoms with E-state index in [-0.39, 0.29) is 11.4 Å². The number of carbonyl (C=O) groups is 1. The van der Waals surface area contributed by atoms with Crippen molar-refractivity contribution >= 4 is 23.5 Å². The van der Waals surface area contributed by atoms with Crippen LogP contribution in [0, 0.1) is 11.3 Å². The standard InChI is InChI=1S/C19H19N3O3S/c1-24-15-6-7-17(25-2)16(11-15)18-22(8-9-26-18)19(23)21-14-5-3-4-13(10-14)12-20/h3-7,10-11,18H,8-9H2,1-2H3,(H,21,23). The van der Waals surface area contributed by atoms with E-state index in [2.05, 4.69) is 11.4 Å². The van der Waals surface area contributed by atoms with Crippen molar-refractivity contribution < 1.29 is 14.3 Å². The van der Waals surface area contributed by atoms with Gasteiger partial charge in [0.2, 0.25) is 0 Å². The molecule has 0 radical (unpaired) electrons. The van der Waals surface area contributed by atoms with Gasteiger partial charge in [-0.2, -0.15) is 5.26 Å². The monoisotopic (exact) mass is 369 g/mol. The van der Waals surface area contributed by atoms with Gasteiger partial charge in [-0.1, -0.05) is 6.07 Å². The highest BCUT2D eigenvalue weighted by atomic mass is 32.2. The molecule has 1 fully saturated rings. The third kappa shape index (κ3) is 3.70. The molecule has 1 atom stereocenters. The second kappa shape index (κ2) is 8.02. The Kier molecular flexibility index (Phi) is 5.54. The van der Waals surface area contributed by atoms with Gasteiger partial charge >= 0.3 is 6.03 Å². The van der Waals surface area contributed by atoms with Crippen LogP contribution in [0.4, 0.5) is 10.5 Å². The molecule has 0 spiro atoms. The lowest BCUT2D eigenvalue weighted by Crippen LogP contribution is -2.34. The first-order valence-corrected chi connectivity index (χ1v) is 9.12. The molecule has 2 amide bonds. The van der Waals surface area contributed by atoms with Crippen LogP contribution in [0.15, 0.2) is 42.5 Å². The zero-order chi connectivity index (χ0) is 18.5. The van der Waals surface area contributed by atoms with Crippen LogP contribution in [-0.4, -0.2) is 37.4 Å². The lowest BCUT2D eigenvalue weighted by molar-refractivity contribution is 0.213. The van der Waals surface area contributed by atoms with Gasteiger partial charge in [-0.05, 0) is 36.4 Å². The number of amides is 2. The van der Waals surface area contributed by atoms with Crippen molar-refractivity contribution in [3.8, 4) is 17.6 Å². The van der Waals surface area contributed by atoms with Gasteiger partial charge in [0, 0.05) is 23.5 Å². The van der Waals surface area contributed by atoms with E-state index in [1.807, 2.05) is 18.2 Å². The first-order chi connectivity index (χ1) is 12.7. The van der Waals surface area contributed by atoms with Gasteiger partial charge in [0.1, 0.15) is 16.9 Å². The Morgan fingerprint density at radius 1 is 1.27 bits per heavy atom. The SMILES string of the molecule is COc1ccc(OC)c(C2SCCN2C(=O)Nc2cccc(C#N)c2)c1. The molecule has 26 heavy (non-hydrogen) atoms. The van der Waals surface area contributed by atoms with E-state index >= 15 is 0 Å². The van der Waals surface area contributed by atoms with Gasteiger partial charge in [-0.3, -0.25) is 0 Å². The average molecular weight is 369 g/mol. The molecule has 2 aromatic rings. The summed E-state index contributed by atoms with van der Waals surface area (Å²) in [5.41, 5.74) is 2.00. The minimum Gasteiger partial charge on any atom is -0.497 e. The number of nitrogens with one attached hydrogen (secondary N) is 1. The van der Waals surface area contributed by atoms with Crippen molar-refractivity contribution in [3.63, 3.8) is 0 Å². The lowest BCUT2D eigenvalue weighted by Gasteiger charge is -2.26. The Morgan fingerprint density at radius 2 is 2.12 bits per heavy atom. The zero-order valence-corrected chi connectivity index (χ0v) is 15.4. The molecule has 0 aromatic heterocycles. The van der Waals surface area contributed by atoms with Gasteiger partial charge in [0.25, 0.3) is 0 Å². The fourth-order valence-electron chi connectivity index (χ4n) is 2.83. The fourth-order valence-corrected chi connectivity index (χ4v) is 4.10. The summed E-state index contributed by atoms with van der Waals surface area (Å²) in [5, 5.41) is 11.7. The van der Waals surface area contributed by atoms with Gasteiger partial charge in [-0.15, -0.1) is 11.8 Å². The van der Waals surface area contributed by atoms with E-state index in [0.29, 0.717) is 17.8 Å². The molecule has 6 nitrogen and oxygen atoms in total. The van der Waals surface area contributed by atoms with E-state index < -0.39 is 0 Å². The van der Waals surface area contributed by atoms with E-state index in [9.17, 15) is 4.79 Å². The number of nitrogens with zero attached hydrogens (tertiary/aromatic N) is 2. The van der Waals surface area contributed by atoms with Crippen molar-refractivity contribution in [1.82, 2.24) is 4.90 Å². The highest BCUT2D eigenvalue weighted by Crippen LogP contribution is 2.43. The normalized spacial score (nSPS) is 16.0. The Morgan fingerprint density at radius 3 is 2.85 bits per heavy atom. The summed E-state index contributed by atoms with van der Waals surface area (Å²) >= 11 is 1.68. The summed E-state index contributed by atoms with van der Waals surface area (Å²) in [6.07, 6.45) is 0. The number of methoxy groups -OCH3 is 2. The third-order valence-corrected chi connectivity index (χ3v) is 5.34. The Labute approximate surface area is 156 Å². The minimum atomic E-state index is -0.208. The van der Waals surface area contributed by atoms with Crippen molar-refractivity contribution in [3.05, 3.63) is 53.6 Å². The molecule has 134 valence electrons. The van der Waals surface area contributed by atoms with Crippen LogP contribution in [-0.2, 0) is 0 Å². The second-order valence-corrected chi connectivity index (χ2v) is 6.84. The number of urea groups is 1. The smallest absolute Gasteiger partial charge is 0.323 e. The molecule has 3 rings (SSSR count). The summed E-state index contributed by atoms with van der Waals surface area (Å²) in [4.78, 5) is 14.6. The molecular weight excluding hydrogens is 350 g/mol. The number of carbonyl (C=O) groups excluding carboxylic acids is 1. The Balaban J connectivity index is 1.84.